The number of pyridine rings is 1. The van der Waals surface area contributed by atoms with Crippen LogP contribution in [0.2, 0.25) is 0 Å². The highest BCUT2D eigenvalue weighted by molar-refractivity contribution is 5.19. The summed E-state index contributed by atoms with van der Waals surface area (Å²) in [7, 11) is 0. The SMILES string of the molecule is Cc1nc([C@@H]2CNC[C@H]2c2ccccn2)no1. The lowest BCUT2D eigenvalue weighted by Crippen LogP contribution is -2.11. The maximum atomic E-state index is 5.05. The number of rotatable bonds is 2. The van der Waals surface area contributed by atoms with Crippen molar-refractivity contribution < 1.29 is 4.52 Å². The Morgan fingerprint density at radius 2 is 2.18 bits per heavy atom. The van der Waals surface area contributed by atoms with Crippen molar-refractivity contribution in [3.05, 3.63) is 41.8 Å². The minimum atomic E-state index is 0.252. The molecule has 0 unspecified atom stereocenters. The Bertz CT molecular complexity index is 496. The first kappa shape index (κ1) is 10.4. The summed E-state index contributed by atoms with van der Waals surface area (Å²) in [6.45, 7) is 3.60. The molecule has 3 heterocycles. The summed E-state index contributed by atoms with van der Waals surface area (Å²) in [4.78, 5) is 8.74. The van der Waals surface area contributed by atoms with Gasteiger partial charge >= 0.3 is 0 Å². The fourth-order valence-electron chi connectivity index (χ4n) is 2.32. The molecule has 2 aromatic rings. The number of nitrogens with zero attached hydrogens (tertiary/aromatic N) is 3. The van der Waals surface area contributed by atoms with Crippen LogP contribution >= 0.6 is 0 Å². The molecule has 1 fully saturated rings. The van der Waals surface area contributed by atoms with Crippen molar-refractivity contribution >= 4 is 0 Å². The first-order chi connectivity index (χ1) is 8.34. The van der Waals surface area contributed by atoms with Crippen LogP contribution < -0.4 is 5.32 Å². The molecule has 88 valence electrons. The highest BCUT2D eigenvalue weighted by atomic mass is 16.5. The Hall–Kier alpha value is -1.75. The highest BCUT2D eigenvalue weighted by Crippen LogP contribution is 2.33. The second kappa shape index (κ2) is 4.25. The predicted octanol–water partition coefficient (Wildman–Crippen LogP) is 1.24. The van der Waals surface area contributed by atoms with Crippen LogP contribution in [0.4, 0.5) is 0 Å². The summed E-state index contributed by atoms with van der Waals surface area (Å²) in [5.74, 6) is 1.98. The number of hydrogen-bond donors (Lipinski definition) is 1. The van der Waals surface area contributed by atoms with Gasteiger partial charge < -0.3 is 9.84 Å². The molecule has 0 saturated carbocycles. The number of aryl methyl sites for hydroxylation is 1. The summed E-state index contributed by atoms with van der Waals surface area (Å²) < 4.78 is 5.05. The molecule has 0 radical (unpaired) electrons. The fourth-order valence-corrected chi connectivity index (χ4v) is 2.32. The Balaban J connectivity index is 1.90. The molecule has 1 aliphatic heterocycles. The summed E-state index contributed by atoms with van der Waals surface area (Å²) in [5.41, 5.74) is 1.09. The first-order valence-electron chi connectivity index (χ1n) is 5.76. The van der Waals surface area contributed by atoms with E-state index in [1.54, 1.807) is 0 Å². The van der Waals surface area contributed by atoms with Gasteiger partial charge in [-0.15, -0.1) is 0 Å². The molecule has 1 saturated heterocycles. The molecular formula is C12H14N4O. The molecule has 17 heavy (non-hydrogen) atoms. The van der Waals surface area contributed by atoms with Crippen molar-refractivity contribution in [1.82, 2.24) is 20.4 Å². The van der Waals surface area contributed by atoms with Crippen LogP contribution in [0.25, 0.3) is 0 Å². The average Bonchev–Trinajstić information content (AvgIpc) is 2.98. The smallest absolute Gasteiger partial charge is 0.223 e. The molecular weight excluding hydrogens is 216 g/mol. The third-order valence-corrected chi connectivity index (χ3v) is 3.16. The van der Waals surface area contributed by atoms with Crippen LogP contribution in [-0.4, -0.2) is 28.2 Å². The lowest BCUT2D eigenvalue weighted by Gasteiger charge is -2.14. The minimum Gasteiger partial charge on any atom is -0.340 e. The molecule has 1 N–H and O–H groups in total. The Kier molecular flexibility index (Phi) is 2.60. The molecule has 5 nitrogen and oxygen atoms in total. The van der Waals surface area contributed by atoms with Gasteiger partial charge in [0.1, 0.15) is 0 Å². The number of aromatic nitrogens is 3. The monoisotopic (exact) mass is 230 g/mol. The summed E-state index contributed by atoms with van der Waals surface area (Å²) in [6, 6.07) is 6.00. The van der Waals surface area contributed by atoms with Gasteiger partial charge in [0.15, 0.2) is 5.82 Å². The van der Waals surface area contributed by atoms with Gasteiger partial charge in [0.2, 0.25) is 5.89 Å². The molecule has 2 aromatic heterocycles. The molecule has 5 heteroatoms. The maximum Gasteiger partial charge on any atom is 0.223 e. The van der Waals surface area contributed by atoms with Crippen molar-refractivity contribution in [2.45, 2.75) is 18.8 Å². The molecule has 0 spiro atoms. The van der Waals surface area contributed by atoms with E-state index in [0.717, 1.165) is 24.6 Å². The van der Waals surface area contributed by atoms with Gasteiger partial charge in [-0.05, 0) is 12.1 Å². The zero-order valence-corrected chi connectivity index (χ0v) is 9.63. The van der Waals surface area contributed by atoms with Crippen molar-refractivity contribution in [3.63, 3.8) is 0 Å². The second-order valence-corrected chi connectivity index (χ2v) is 4.30. The normalized spacial score (nSPS) is 24.1. The highest BCUT2D eigenvalue weighted by Gasteiger charge is 2.33. The number of nitrogens with one attached hydrogen (secondary N) is 1. The van der Waals surface area contributed by atoms with Crippen LogP contribution in [0, 0.1) is 6.92 Å². The second-order valence-electron chi connectivity index (χ2n) is 4.30. The van der Waals surface area contributed by atoms with Gasteiger partial charge in [-0.2, -0.15) is 4.98 Å². The standard InChI is InChI=1S/C12H14N4O/c1-8-15-12(16-17-8)10-7-13-6-9(10)11-4-2-3-5-14-11/h2-5,9-10,13H,6-7H2,1H3/t9-,10-/m1/s1. The molecule has 2 atom stereocenters. The molecule has 0 aromatic carbocycles. The van der Waals surface area contributed by atoms with E-state index in [1.165, 1.54) is 0 Å². The lowest BCUT2D eigenvalue weighted by molar-refractivity contribution is 0.382. The van der Waals surface area contributed by atoms with E-state index in [2.05, 4.69) is 26.5 Å². The van der Waals surface area contributed by atoms with E-state index < -0.39 is 0 Å². The quantitative estimate of drug-likeness (QED) is 0.841. The molecule has 0 aliphatic carbocycles. The van der Waals surface area contributed by atoms with E-state index in [1.807, 2.05) is 25.3 Å². The molecule has 3 rings (SSSR count). The van der Waals surface area contributed by atoms with Crippen molar-refractivity contribution in [2.75, 3.05) is 13.1 Å². The van der Waals surface area contributed by atoms with Gasteiger partial charge in [-0.1, -0.05) is 11.2 Å². The van der Waals surface area contributed by atoms with Gasteiger partial charge in [-0.3, -0.25) is 4.98 Å². The fraction of sp³-hybridized carbons (Fsp3) is 0.417. The summed E-state index contributed by atoms with van der Waals surface area (Å²) in [5, 5.41) is 7.39. The Morgan fingerprint density at radius 1 is 1.29 bits per heavy atom. The Morgan fingerprint density at radius 3 is 2.88 bits per heavy atom. The summed E-state index contributed by atoms with van der Waals surface area (Å²) in [6.07, 6.45) is 1.83. The Labute approximate surface area is 99.3 Å². The number of hydrogen-bond acceptors (Lipinski definition) is 5. The van der Waals surface area contributed by atoms with Crippen LogP contribution in [0.5, 0.6) is 0 Å². The van der Waals surface area contributed by atoms with Gasteiger partial charge in [0.25, 0.3) is 0 Å². The van der Waals surface area contributed by atoms with Crippen molar-refractivity contribution in [1.29, 1.82) is 0 Å². The van der Waals surface area contributed by atoms with Gasteiger partial charge in [-0.25, -0.2) is 0 Å². The minimum absolute atomic E-state index is 0.252. The van der Waals surface area contributed by atoms with Gasteiger partial charge in [0, 0.05) is 43.7 Å². The van der Waals surface area contributed by atoms with E-state index >= 15 is 0 Å². The van der Waals surface area contributed by atoms with Crippen molar-refractivity contribution in [2.24, 2.45) is 0 Å². The topological polar surface area (TPSA) is 63.8 Å². The predicted molar refractivity (Wildman–Crippen MR) is 61.6 cm³/mol. The average molecular weight is 230 g/mol. The largest absolute Gasteiger partial charge is 0.340 e. The van der Waals surface area contributed by atoms with E-state index in [0.29, 0.717) is 11.8 Å². The zero-order chi connectivity index (χ0) is 11.7. The third-order valence-electron chi connectivity index (χ3n) is 3.16. The molecule has 1 aliphatic rings. The maximum absolute atomic E-state index is 5.05. The zero-order valence-electron chi connectivity index (χ0n) is 9.63. The summed E-state index contributed by atoms with van der Waals surface area (Å²) >= 11 is 0. The van der Waals surface area contributed by atoms with Crippen LogP contribution in [0.1, 0.15) is 29.2 Å². The van der Waals surface area contributed by atoms with E-state index in [4.69, 9.17) is 4.52 Å². The molecule has 0 amide bonds. The van der Waals surface area contributed by atoms with E-state index in [-0.39, 0.29) is 5.92 Å². The van der Waals surface area contributed by atoms with Crippen LogP contribution in [0.3, 0.4) is 0 Å². The van der Waals surface area contributed by atoms with Crippen LogP contribution in [-0.2, 0) is 0 Å². The van der Waals surface area contributed by atoms with Crippen molar-refractivity contribution in [3.8, 4) is 0 Å². The molecule has 0 bridgehead atoms. The lowest BCUT2D eigenvalue weighted by atomic mass is 9.92. The third kappa shape index (κ3) is 1.93. The van der Waals surface area contributed by atoms with Crippen LogP contribution in [0.15, 0.2) is 28.9 Å². The van der Waals surface area contributed by atoms with E-state index in [9.17, 15) is 0 Å². The van der Waals surface area contributed by atoms with Gasteiger partial charge in [0.05, 0.1) is 0 Å². The first-order valence-corrected chi connectivity index (χ1v) is 5.76.